The van der Waals surface area contributed by atoms with Crippen molar-refractivity contribution < 1.29 is 9.59 Å². The van der Waals surface area contributed by atoms with Crippen LogP contribution in [0.3, 0.4) is 0 Å². The minimum atomic E-state index is 0.326. The molecule has 14 heavy (non-hydrogen) atoms. The van der Waals surface area contributed by atoms with E-state index < -0.39 is 0 Å². The average molecular weight is 194 g/mol. The first kappa shape index (κ1) is 9.88. The topological polar surface area (TPSA) is 34.1 Å². The molecule has 0 radical (unpaired) electrons. The summed E-state index contributed by atoms with van der Waals surface area (Å²) in [5.74, 6) is 0. The third-order valence-corrected chi connectivity index (χ3v) is 4.59. The van der Waals surface area contributed by atoms with E-state index in [2.05, 4.69) is 0 Å². The van der Waals surface area contributed by atoms with Crippen molar-refractivity contribution in [1.82, 2.24) is 0 Å². The van der Waals surface area contributed by atoms with Crippen LogP contribution in [0.4, 0.5) is 0 Å². The molecule has 2 heteroatoms. The lowest BCUT2D eigenvalue weighted by Gasteiger charge is -2.52. The molecule has 0 amide bonds. The number of rotatable bonds is 4. The predicted molar refractivity (Wildman–Crippen MR) is 53.9 cm³/mol. The Hall–Kier alpha value is -0.660. The molecule has 2 bridgehead atoms. The number of hydrogen-bond acceptors (Lipinski definition) is 2. The van der Waals surface area contributed by atoms with Crippen molar-refractivity contribution >= 4 is 12.6 Å². The van der Waals surface area contributed by atoms with Crippen LogP contribution in [-0.4, -0.2) is 12.6 Å². The highest BCUT2D eigenvalue weighted by Gasteiger charge is 2.47. The zero-order valence-electron chi connectivity index (χ0n) is 8.63. The van der Waals surface area contributed by atoms with Crippen LogP contribution >= 0.6 is 0 Å². The summed E-state index contributed by atoms with van der Waals surface area (Å²) in [5.41, 5.74) is 0.652. The van der Waals surface area contributed by atoms with Gasteiger partial charge in [0.15, 0.2) is 0 Å². The second-order valence-corrected chi connectivity index (χ2v) is 5.24. The Labute approximate surface area is 85.1 Å². The van der Waals surface area contributed by atoms with Crippen molar-refractivity contribution in [3.8, 4) is 0 Å². The fraction of sp³-hybridized carbons (Fsp3) is 0.833. The Bertz CT molecular complexity index is 194. The maximum atomic E-state index is 10.6. The van der Waals surface area contributed by atoms with Gasteiger partial charge in [-0.1, -0.05) is 0 Å². The molecule has 3 aliphatic rings. The fourth-order valence-electron chi connectivity index (χ4n) is 3.31. The highest BCUT2D eigenvalue weighted by Crippen LogP contribution is 2.59. The molecule has 0 aromatic heterocycles. The monoisotopic (exact) mass is 194 g/mol. The molecule has 0 aromatic rings. The van der Waals surface area contributed by atoms with Gasteiger partial charge >= 0.3 is 0 Å². The summed E-state index contributed by atoms with van der Waals surface area (Å²) in [4.78, 5) is 21.2. The van der Waals surface area contributed by atoms with E-state index in [4.69, 9.17) is 0 Å². The summed E-state index contributed by atoms with van der Waals surface area (Å²) in [5, 5.41) is 0. The molecule has 0 atom stereocenters. The van der Waals surface area contributed by atoms with Crippen LogP contribution in [0, 0.1) is 10.8 Å². The van der Waals surface area contributed by atoms with Crippen LogP contribution in [0.15, 0.2) is 0 Å². The van der Waals surface area contributed by atoms with Crippen LogP contribution in [0.5, 0.6) is 0 Å². The Balaban J connectivity index is 2.04. The van der Waals surface area contributed by atoms with E-state index >= 15 is 0 Å². The minimum Gasteiger partial charge on any atom is -0.303 e. The number of carbonyl (C=O) groups excluding carboxylic acids is 2. The first-order valence-electron chi connectivity index (χ1n) is 5.62. The van der Waals surface area contributed by atoms with Crippen LogP contribution in [0.2, 0.25) is 0 Å². The number of carbonyl (C=O) groups is 2. The lowest BCUT2D eigenvalue weighted by molar-refractivity contribution is -0.117. The Morgan fingerprint density at radius 2 is 1.00 bits per heavy atom. The van der Waals surface area contributed by atoms with E-state index in [9.17, 15) is 9.59 Å². The number of hydrogen-bond donors (Lipinski definition) is 0. The van der Waals surface area contributed by atoms with E-state index in [1.165, 1.54) is 38.5 Å². The molecule has 3 aliphatic carbocycles. The molecule has 0 heterocycles. The number of aldehydes is 2. The van der Waals surface area contributed by atoms with Crippen LogP contribution < -0.4 is 0 Å². The van der Waals surface area contributed by atoms with Crippen LogP contribution in [-0.2, 0) is 9.59 Å². The Kier molecular flexibility index (Phi) is 2.46. The maximum Gasteiger partial charge on any atom is 0.120 e. The van der Waals surface area contributed by atoms with Crippen molar-refractivity contribution in [2.24, 2.45) is 10.8 Å². The van der Waals surface area contributed by atoms with Gasteiger partial charge in [-0.3, -0.25) is 0 Å². The predicted octanol–water partition coefficient (Wildman–Crippen LogP) is 2.51. The first-order valence-corrected chi connectivity index (χ1v) is 5.62. The van der Waals surface area contributed by atoms with E-state index in [1.54, 1.807) is 0 Å². The van der Waals surface area contributed by atoms with Crippen molar-refractivity contribution in [1.29, 1.82) is 0 Å². The second kappa shape index (κ2) is 3.48. The molecular formula is C12H18O2. The molecule has 3 rings (SSSR count). The number of fused-ring (bicyclic) bond motifs is 3. The third kappa shape index (κ3) is 1.51. The maximum absolute atomic E-state index is 10.6. The molecule has 3 saturated carbocycles. The summed E-state index contributed by atoms with van der Waals surface area (Å²) in [6.07, 6.45) is 10.6. The van der Waals surface area contributed by atoms with Gasteiger partial charge in [0.25, 0.3) is 0 Å². The molecule has 0 aromatic carbocycles. The molecular weight excluding hydrogens is 176 g/mol. The standard InChI is InChI=1S/C12H18O2/c13-9-7-11-1-2-12(5-3-11,6-4-11)8-10-14/h9-10H,1-8H2. The van der Waals surface area contributed by atoms with Crippen LogP contribution in [0.25, 0.3) is 0 Å². The highest BCUT2D eigenvalue weighted by atomic mass is 16.1. The summed E-state index contributed by atoms with van der Waals surface area (Å²) >= 11 is 0. The molecule has 0 N–H and O–H groups in total. The largest absolute Gasteiger partial charge is 0.303 e. The van der Waals surface area contributed by atoms with Gasteiger partial charge in [0.2, 0.25) is 0 Å². The quantitative estimate of drug-likeness (QED) is 0.644. The van der Waals surface area contributed by atoms with Crippen molar-refractivity contribution in [2.75, 3.05) is 0 Å². The second-order valence-electron chi connectivity index (χ2n) is 5.24. The van der Waals surface area contributed by atoms with Gasteiger partial charge in [0.05, 0.1) is 0 Å². The van der Waals surface area contributed by atoms with Gasteiger partial charge in [-0.25, -0.2) is 0 Å². The van der Waals surface area contributed by atoms with E-state index in [0.29, 0.717) is 10.8 Å². The third-order valence-electron chi connectivity index (χ3n) is 4.59. The summed E-state index contributed by atoms with van der Waals surface area (Å²) in [6, 6.07) is 0. The first-order chi connectivity index (χ1) is 6.74. The SMILES string of the molecule is O=CCC12CCC(CC=O)(CC1)CC2. The summed E-state index contributed by atoms with van der Waals surface area (Å²) < 4.78 is 0. The van der Waals surface area contributed by atoms with Gasteiger partial charge in [-0.05, 0) is 49.4 Å². The van der Waals surface area contributed by atoms with E-state index in [1.807, 2.05) is 0 Å². The molecule has 0 aliphatic heterocycles. The molecule has 2 nitrogen and oxygen atoms in total. The average Bonchev–Trinajstić information content (AvgIpc) is 2.22. The molecule has 0 spiro atoms. The van der Waals surface area contributed by atoms with Gasteiger partial charge in [-0.15, -0.1) is 0 Å². The zero-order chi connectivity index (χ0) is 10.1. The van der Waals surface area contributed by atoms with Crippen molar-refractivity contribution in [3.63, 3.8) is 0 Å². The van der Waals surface area contributed by atoms with Gasteiger partial charge in [0, 0.05) is 12.8 Å². The van der Waals surface area contributed by atoms with E-state index in [-0.39, 0.29) is 0 Å². The Morgan fingerprint density at radius 1 is 0.714 bits per heavy atom. The molecule has 3 fully saturated rings. The van der Waals surface area contributed by atoms with Gasteiger partial charge in [0.1, 0.15) is 12.6 Å². The summed E-state index contributed by atoms with van der Waals surface area (Å²) in [7, 11) is 0. The van der Waals surface area contributed by atoms with Gasteiger partial charge < -0.3 is 9.59 Å². The molecule has 78 valence electrons. The van der Waals surface area contributed by atoms with E-state index in [0.717, 1.165) is 25.4 Å². The zero-order valence-corrected chi connectivity index (χ0v) is 8.63. The smallest absolute Gasteiger partial charge is 0.120 e. The lowest BCUT2D eigenvalue weighted by atomic mass is 9.52. The minimum absolute atomic E-state index is 0.326. The molecule has 0 saturated heterocycles. The summed E-state index contributed by atoms with van der Waals surface area (Å²) in [6.45, 7) is 0. The fourth-order valence-corrected chi connectivity index (χ4v) is 3.31. The van der Waals surface area contributed by atoms with Gasteiger partial charge in [-0.2, -0.15) is 0 Å². The van der Waals surface area contributed by atoms with Crippen molar-refractivity contribution in [2.45, 2.75) is 51.4 Å². The van der Waals surface area contributed by atoms with Crippen molar-refractivity contribution in [3.05, 3.63) is 0 Å². The highest BCUT2D eigenvalue weighted by molar-refractivity contribution is 5.52. The lowest BCUT2D eigenvalue weighted by Crippen LogP contribution is -2.41. The Morgan fingerprint density at radius 3 is 1.21 bits per heavy atom. The van der Waals surface area contributed by atoms with Crippen LogP contribution in [0.1, 0.15) is 51.4 Å². The molecule has 0 unspecified atom stereocenters. The normalized spacial score (nSPS) is 40.9.